The Bertz CT molecular complexity index is 446. The number of hydrogen-bond acceptors (Lipinski definition) is 3. The van der Waals surface area contributed by atoms with Gasteiger partial charge >= 0.3 is 12.1 Å². The van der Waals surface area contributed by atoms with Gasteiger partial charge in [0.25, 0.3) is 0 Å². The van der Waals surface area contributed by atoms with E-state index in [1.807, 2.05) is 13.8 Å². The highest BCUT2D eigenvalue weighted by Crippen LogP contribution is 2.38. The quantitative estimate of drug-likeness (QED) is 0.849. The smallest absolute Gasteiger partial charge is 0.410 e. The number of amides is 1. The van der Waals surface area contributed by atoms with Gasteiger partial charge in [-0.25, -0.2) is 13.6 Å². The van der Waals surface area contributed by atoms with Crippen molar-refractivity contribution in [1.82, 2.24) is 4.90 Å². The Balaban J connectivity index is 3.05. The molecule has 1 rings (SSSR count). The zero-order valence-corrected chi connectivity index (χ0v) is 14.4. The van der Waals surface area contributed by atoms with Crippen molar-refractivity contribution in [3.8, 4) is 0 Å². The van der Waals surface area contributed by atoms with E-state index in [1.54, 1.807) is 20.8 Å². The number of carboxylic acids is 1. The lowest BCUT2D eigenvalue weighted by Gasteiger charge is -2.46. The predicted molar refractivity (Wildman–Crippen MR) is 81.5 cm³/mol. The van der Waals surface area contributed by atoms with Crippen molar-refractivity contribution in [2.45, 2.75) is 71.9 Å². The molecule has 1 amide bonds. The minimum Gasteiger partial charge on any atom is -0.481 e. The Morgan fingerprint density at radius 2 is 1.91 bits per heavy atom. The molecule has 1 heterocycles. The second kappa shape index (κ2) is 7.01. The lowest BCUT2D eigenvalue weighted by Crippen LogP contribution is -2.55. The molecule has 0 aliphatic carbocycles. The molecule has 2 atom stereocenters. The van der Waals surface area contributed by atoms with Crippen LogP contribution in [0.25, 0.3) is 0 Å². The van der Waals surface area contributed by atoms with Gasteiger partial charge in [-0.15, -0.1) is 0 Å². The van der Waals surface area contributed by atoms with Gasteiger partial charge in [0.1, 0.15) is 5.60 Å². The fraction of sp³-hybridized carbons (Fsp3) is 0.875. The average molecular weight is 335 g/mol. The van der Waals surface area contributed by atoms with Crippen LogP contribution in [0.5, 0.6) is 0 Å². The maximum absolute atomic E-state index is 13.4. The number of hydrogen-bond donors (Lipinski definition) is 1. The lowest BCUT2D eigenvalue weighted by atomic mass is 9.77. The maximum Gasteiger partial charge on any atom is 0.410 e. The maximum atomic E-state index is 13.4. The van der Waals surface area contributed by atoms with E-state index in [0.717, 1.165) is 0 Å². The number of ether oxygens (including phenoxy) is 1. The van der Waals surface area contributed by atoms with E-state index in [2.05, 4.69) is 0 Å². The van der Waals surface area contributed by atoms with Gasteiger partial charge in [-0.2, -0.15) is 0 Å². The third-order valence-electron chi connectivity index (χ3n) is 3.97. The summed E-state index contributed by atoms with van der Waals surface area (Å²) in [4.78, 5) is 24.7. The molecule has 0 spiro atoms. The van der Waals surface area contributed by atoms with E-state index in [0.29, 0.717) is 12.8 Å². The van der Waals surface area contributed by atoms with Crippen molar-refractivity contribution in [2.24, 2.45) is 11.3 Å². The lowest BCUT2D eigenvalue weighted by molar-refractivity contribution is -0.141. The summed E-state index contributed by atoms with van der Waals surface area (Å²) < 4.78 is 32.1. The van der Waals surface area contributed by atoms with E-state index < -0.39 is 42.5 Å². The first-order valence-corrected chi connectivity index (χ1v) is 7.82. The van der Waals surface area contributed by atoms with Crippen LogP contribution < -0.4 is 0 Å². The van der Waals surface area contributed by atoms with Crippen molar-refractivity contribution in [2.75, 3.05) is 6.54 Å². The summed E-state index contributed by atoms with van der Waals surface area (Å²) in [6.07, 6.45) is -3.13. The molecule has 0 saturated carbocycles. The summed E-state index contributed by atoms with van der Waals surface area (Å²) >= 11 is 0. The number of carbonyl (C=O) groups excluding carboxylic acids is 1. The topological polar surface area (TPSA) is 66.8 Å². The van der Waals surface area contributed by atoms with Gasteiger partial charge in [-0.1, -0.05) is 13.8 Å². The second-order valence-electron chi connectivity index (χ2n) is 7.97. The molecule has 134 valence electrons. The number of aliphatic carboxylic acids is 1. The number of carbonyl (C=O) groups is 2. The van der Waals surface area contributed by atoms with Gasteiger partial charge in [-0.05, 0) is 39.0 Å². The first-order chi connectivity index (χ1) is 10.3. The van der Waals surface area contributed by atoms with Crippen molar-refractivity contribution < 1.29 is 28.2 Å². The largest absolute Gasteiger partial charge is 0.481 e. The van der Waals surface area contributed by atoms with Crippen LogP contribution in [-0.4, -0.2) is 46.7 Å². The zero-order valence-electron chi connectivity index (χ0n) is 14.4. The fourth-order valence-electron chi connectivity index (χ4n) is 2.91. The average Bonchev–Trinajstić information content (AvgIpc) is 2.32. The van der Waals surface area contributed by atoms with Gasteiger partial charge in [0, 0.05) is 12.6 Å². The number of alkyl halides is 2. The highest BCUT2D eigenvalue weighted by molar-refractivity contribution is 5.70. The van der Waals surface area contributed by atoms with Crippen LogP contribution in [0, 0.1) is 11.3 Å². The molecule has 1 aliphatic heterocycles. The second-order valence-corrected chi connectivity index (χ2v) is 7.97. The molecule has 23 heavy (non-hydrogen) atoms. The SMILES string of the molecule is CC1(C)CCC(C(CC(=O)O)C(F)F)N(C(=O)OC(C)(C)C)C1. The Hall–Kier alpha value is -1.40. The van der Waals surface area contributed by atoms with Crippen LogP contribution in [0.3, 0.4) is 0 Å². The Morgan fingerprint density at radius 3 is 2.35 bits per heavy atom. The Morgan fingerprint density at radius 1 is 1.35 bits per heavy atom. The minimum atomic E-state index is -2.80. The van der Waals surface area contributed by atoms with Crippen molar-refractivity contribution in [3.63, 3.8) is 0 Å². The number of likely N-dealkylation sites (tertiary alicyclic amines) is 1. The molecule has 1 saturated heterocycles. The first-order valence-electron chi connectivity index (χ1n) is 7.82. The first kappa shape index (κ1) is 19.6. The number of nitrogens with zero attached hydrogens (tertiary/aromatic N) is 1. The summed E-state index contributed by atoms with van der Waals surface area (Å²) in [6.45, 7) is 9.30. The molecule has 2 unspecified atom stereocenters. The molecule has 1 N–H and O–H groups in total. The summed E-state index contributed by atoms with van der Waals surface area (Å²) in [5.74, 6) is -2.68. The predicted octanol–water partition coefficient (Wildman–Crippen LogP) is 3.77. The number of rotatable bonds is 4. The molecule has 0 aromatic carbocycles. The molecule has 7 heteroatoms. The van der Waals surface area contributed by atoms with Gasteiger partial charge in [0.05, 0.1) is 12.3 Å². The number of piperidine rings is 1. The summed E-state index contributed by atoms with van der Waals surface area (Å²) in [5, 5.41) is 8.91. The molecule has 0 bridgehead atoms. The molecule has 5 nitrogen and oxygen atoms in total. The van der Waals surface area contributed by atoms with Gasteiger partial charge < -0.3 is 14.7 Å². The van der Waals surface area contributed by atoms with Crippen LogP contribution in [0.1, 0.15) is 53.9 Å². The Labute approximate surface area is 136 Å². The van der Waals surface area contributed by atoms with E-state index >= 15 is 0 Å². The molecule has 0 radical (unpaired) electrons. The molecule has 1 fully saturated rings. The van der Waals surface area contributed by atoms with E-state index in [-0.39, 0.29) is 12.0 Å². The standard InChI is InChI=1S/C16H27F2NO4/c1-15(2,3)23-14(22)19-9-16(4,5)7-6-11(19)10(13(17)18)8-12(20)21/h10-11,13H,6-9H2,1-5H3,(H,20,21). The highest BCUT2D eigenvalue weighted by atomic mass is 19.3. The third-order valence-corrected chi connectivity index (χ3v) is 3.97. The number of carboxylic acid groups (broad SMARTS) is 1. The minimum absolute atomic E-state index is 0.219. The normalized spacial score (nSPS) is 22.8. The monoisotopic (exact) mass is 335 g/mol. The van der Waals surface area contributed by atoms with Crippen LogP contribution in [0.15, 0.2) is 0 Å². The van der Waals surface area contributed by atoms with Crippen LogP contribution in [-0.2, 0) is 9.53 Å². The van der Waals surface area contributed by atoms with Crippen LogP contribution in [0.2, 0.25) is 0 Å². The Kier molecular flexibility index (Phi) is 5.99. The van der Waals surface area contributed by atoms with Crippen LogP contribution >= 0.6 is 0 Å². The van der Waals surface area contributed by atoms with Gasteiger partial charge in [0.2, 0.25) is 6.43 Å². The molecular weight excluding hydrogens is 308 g/mol. The van der Waals surface area contributed by atoms with Crippen LogP contribution in [0.4, 0.5) is 13.6 Å². The van der Waals surface area contributed by atoms with E-state index in [1.165, 1.54) is 4.90 Å². The van der Waals surface area contributed by atoms with E-state index in [4.69, 9.17) is 9.84 Å². The third kappa shape index (κ3) is 5.95. The molecular formula is C16H27F2NO4. The highest BCUT2D eigenvalue weighted by Gasteiger charge is 2.44. The fourth-order valence-corrected chi connectivity index (χ4v) is 2.91. The van der Waals surface area contributed by atoms with Crippen molar-refractivity contribution in [1.29, 1.82) is 0 Å². The molecule has 0 aromatic rings. The van der Waals surface area contributed by atoms with Gasteiger partial charge in [0.15, 0.2) is 0 Å². The van der Waals surface area contributed by atoms with E-state index in [9.17, 15) is 18.4 Å². The van der Waals surface area contributed by atoms with Gasteiger partial charge in [-0.3, -0.25) is 4.79 Å². The summed E-state index contributed by atoms with van der Waals surface area (Å²) in [5.41, 5.74) is -0.959. The summed E-state index contributed by atoms with van der Waals surface area (Å²) in [6, 6.07) is -0.825. The van der Waals surface area contributed by atoms with Crippen molar-refractivity contribution >= 4 is 12.1 Å². The van der Waals surface area contributed by atoms with Crippen molar-refractivity contribution in [3.05, 3.63) is 0 Å². The number of halogens is 2. The summed E-state index contributed by atoms with van der Waals surface area (Å²) in [7, 11) is 0. The zero-order chi connectivity index (χ0) is 18.0. The molecule has 0 aromatic heterocycles. The molecule has 1 aliphatic rings.